The minimum atomic E-state index is -0.802. The number of ether oxygens (including phenoxy) is 3. The fourth-order valence-electron chi connectivity index (χ4n) is 3.79. The second-order valence-electron chi connectivity index (χ2n) is 6.57. The molecule has 0 amide bonds. The van der Waals surface area contributed by atoms with E-state index < -0.39 is 11.5 Å². The standard InChI is InChI=1S/C22H18N2O5/c1-11-15(26-2)9-8-13(19(11)27-3)17-14(10-23)21(24)29-20-12-6-4-5-7-16(12)28-22(25)18(17)20/h4-9,17H,24H2,1-3H3. The van der Waals surface area contributed by atoms with Gasteiger partial charge in [-0.2, -0.15) is 5.26 Å². The van der Waals surface area contributed by atoms with Crippen LogP contribution in [0.3, 0.4) is 0 Å². The van der Waals surface area contributed by atoms with Crippen LogP contribution in [0.2, 0.25) is 0 Å². The number of para-hydroxylation sites is 1. The van der Waals surface area contributed by atoms with Crippen molar-refractivity contribution in [1.29, 1.82) is 5.26 Å². The zero-order valence-electron chi connectivity index (χ0n) is 16.1. The van der Waals surface area contributed by atoms with Crippen molar-refractivity contribution in [3.8, 4) is 23.3 Å². The molecule has 7 heteroatoms. The molecule has 1 aromatic heterocycles. The largest absolute Gasteiger partial charge is 0.496 e. The minimum Gasteiger partial charge on any atom is -0.496 e. The Hall–Kier alpha value is -3.92. The van der Waals surface area contributed by atoms with Gasteiger partial charge in [-0.25, -0.2) is 4.79 Å². The van der Waals surface area contributed by atoms with Crippen LogP contribution in [0.1, 0.15) is 22.6 Å². The third-order valence-electron chi connectivity index (χ3n) is 5.10. The summed E-state index contributed by atoms with van der Waals surface area (Å²) in [6, 6.07) is 12.6. The summed E-state index contributed by atoms with van der Waals surface area (Å²) in [5, 5.41) is 10.4. The molecule has 2 aromatic carbocycles. The number of hydrogen-bond donors (Lipinski definition) is 1. The first-order chi connectivity index (χ1) is 14.0. The van der Waals surface area contributed by atoms with Crippen LogP contribution in [0.5, 0.6) is 17.2 Å². The van der Waals surface area contributed by atoms with Crippen molar-refractivity contribution in [2.75, 3.05) is 14.2 Å². The maximum absolute atomic E-state index is 13.0. The molecule has 0 saturated heterocycles. The summed E-state index contributed by atoms with van der Waals surface area (Å²) in [5.74, 6) is 0.545. The number of nitrogens with two attached hydrogens (primary N) is 1. The number of rotatable bonds is 3. The van der Waals surface area contributed by atoms with E-state index >= 15 is 0 Å². The Labute approximate surface area is 166 Å². The number of methoxy groups -OCH3 is 2. The van der Waals surface area contributed by atoms with Crippen molar-refractivity contribution in [1.82, 2.24) is 0 Å². The lowest BCUT2D eigenvalue weighted by atomic mass is 9.82. The summed E-state index contributed by atoms with van der Waals surface area (Å²) < 4.78 is 22.2. The second kappa shape index (κ2) is 6.91. The van der Waals surface area contributed by atoms with E-state index in [4.69, 9.17) is 24.4 Å². The van der Waals surface area contributed by atoms with Crippen LogP contribution in [-0.4, -0.2) is 14.2 Å². The smallest absolute Gasteiger partial charge is 0.344 e. The molecule has 1 aliphatic heterocycles. The molecule has 29 heavy (non-hydrogen) atoms. The quantitative estimate of drug-likeness (QED) is 0.683. The molecule has 0 saturated carbocycles. The van der Waals surface area contributed by atoms with E-state index in [1.165, 1.54) is 7.11 Å². The molecule has 1 aliphatic rings. The Morgan fingerprint density at radius 3 is 2.59 bits per heavy atom. The lowest BCUT2D eigenvalue weighted by molar-refractivity contribution is 0.375. The van der Waals surface area contributed by atoms with Crippen LogP contribution in [0, 0.1) is 18.3 Å². The Morgan fingerprint density at radius 1 is 1.14 bits per heavy atom. The molecule has 0 radical (unpaired) electrons. The summed E-state index contributed by atoms with van der Waals surface area (Å²) in [7, 11) is 3.08. The molecule has 146 valence electrons. The van der Waals surface area contributed by atoms with E-state index in [0.717, 1.165) is 5.56 Å². The zero-order valence-corrected chi connectivity index (χ0v) is 16.1. The molecule has 7 nitrogen and oxygen atoms in total. The van der Waals surface area contributed by atoms with Crippen LogP contribution >= 0.6 is 0 Å². The van der Waals surface area contributed by atoms with E-state index in [1.54, 1.807) is 43.5 Å². The highest BCUT2D eigenvalue weighted by Crippen LogP contribution is 2.47. The highest BCUT2D eigenvalue weighted by molar-refractivity contribution is 5.86. The van der Waals surface area contributed by atoms with E-state index in [-0.39, 0.29) is 22.8 Å². The molecular formula is C22H18N2O5. The Bertz CT molecular complexity index is 1270. The lowest BCUT2D eigenvalue weighted by Gasteiger charge is -2.27. The fraction of sp³-hybridized carbons (Fsp3) is 0.182. The number of nitriles is 1. The lowest BCUT2D eigenvalue weighted by Crippen LogP contribution is -2.26. The maximum Gasteiger partial charge on any atom is 0.344 e. The zero-order chi connectivity index (χ0) is 20.7. The predicted octanol–water partition coefficient (Wildman–Crippen LogP) is 3.34. The topological polar surface area (TPSA) is 108 Å². The Morgan fingerprint density at radius 2 is 1.90 bits per heavy atom. The number of hydrogen-bond acceptors (Lipinski definition) is 7. The first-order valence-electron chi connectivity index (χ1n) is 8.86. The number of fused-ring (bicyclic) bond motifs is 3. The molecule has 1 unspecified atom stereocenters. The van der Waals surface area contributed by atoms with E-state index in [9.17, 15) is 10.1 Å². The van der Waals surface area contributed by atoms with Gasteiger partial charge >= 0.3 is 5.63 Å². The van der Waals surface area contributed by atoms with Gasteiger partial charge in [0.15, 0.2) is 5.75 Å². The van der Waals surface area contributed by atoms with Crippen LogP contribution in [0.4, 0.5) is 0 Å². The van der Waals surface area contributed by atoms with Crippen molar-refractivity contribution in [2.24, 2.45) is 5.73 Å². The van der Waals surface area contributed by atoms with Gasteiger partial charge in [-0.05, 0) is 25.1 Å². The Balaban J connectivity index is 2.10. The van der Waals surface area contributed by atoms with Gasteiger partial charge in [0, 0.05) is 11.1 Å². The van der Waals surface area contributed by atoms with Crippen molar-refractivity contribution in [2.45, 2.75) is 12.8 Å². The molecule has 0 bridgehead atoms. The predicted molar refractivity (Wildman–Crippen MR) is 106 cm³/mol. The minimum absolute atomic E-state index is 0.0590. The first kappa shape index (κ1) is 18.4. The van der Waals surface area contributed by atoms with Gasteiger partial charge in [-0.15, -0.1) is 0 Å². The van der Waals surface area contributed by atoms with Crippen molar-refractivity contribution < 1.29 is 18.6 Å². The highest BCUT2D eigenvalue weighted by atomic mass is 16.5. The van der Waals surface area contributed by atoms with Crippen LogP contribution in [-0.2, 0) is 0 Å². The third-order valence-corrected chi connectivity index (χ3v) is 5.10. The maximum atomic E-state index is 13.0. The Kier molecular flexibility index (Phi) is 4.40. The number of benzene rings is 2. The van der Waals surface area contributed by atoms with Crippen molar-refractivity contribution in [3.05, 3.63) is 75.0 Å². The average molecular weight is 390 g/mol. The number of allylic oxidation sites excluding steroid dienone is 1. The van der Waals surface area contributed by atoms with Crippen molar-refractivity contribution >= 4 is 11.0 Å². The normalized spacial score (nSPS) is 15.4. The third kappa shape index (κ3) is 2.69. The SMILES string of the molecule is COc1ccc(C2C(C#N)=C(N)Oc3c2c(=O)oc2ccccc32)c(OC)c1C. The van der Waals surface area contributed by atoms with E-state index in [2.05, 4.69) is 6.07 Å². The fourth-order valence-corrected chi connectivity index (χ4v) is 3.79. The second-order valence-corrected chi connectivity index (χ2v) is 6.57. The molecule has 0 aliphatic carbocycles. The van der Waals surface area contributed by atoms with Crippen molar-refractivity contribution in [3.63, 3.8) is 0 Å². The van der Waals surface area contributed by atoms with Gasteiger partial charge in [-0.1, -0.05) is 18.2 Å². The molecule has 1 atom stereocenters. The van der Waals surface area contributed by atoms with Gasteiger partial charge in [0.05, 0.1) is 31.1 Å². The van der Waals surface area contributed by atoms with Crippen LogP contribution in [0.15, 0.2) is 57.1 Å². The monoisotopic (exact) mass is 390 g/mol. The average Bonchev–Trinajstić information content (AvgIpc) is 2.72. The molecule has 0 fully saturated rings. The van der Waals surface area contributed by atoms with Gasteiger partial charge in [0.25, 0.3) is 0 Å². The van der Waals surface area contributed by atoms with Gasteiger partial charge in [-0.3, -0.25) is 0 Å². The number of nitrogens with zero attached hydrogens (tertiary/aromatic N) is 1. The van der Waals surface area contributed by atoms with E-state index in [1.807, 2.05) is 6.92 Å². The summed E-state index contributed by atoms with van der Waals surface area (Å²) in [4.78, 5) is 13.0. The molecule has 0 spiro atoms. The van der Waals surface area contributed by atoms with Crippen LogP contribution in [0.25, 0.3) is 11.0 Å². The molecule has 4 rings (SSSR count). The summed E-state index contributed by atoms with van der Waals surface area (Å²) in [6.07, 6.45) is 0. The molecule has 2 heterocycles. The van der Waals surface area contributed by atoms with Gasteiger partial charge in [0.1, 0.15) is 28.7 Å². The van der Waals surface area contributed by atoms with Gasteiger partial charge in [0.2, 0.25) is 5.88 Å². The summed E-state index contributed by atoms with van der Waals surface area (Å²) >= 11 is 0. The van der Waals surface area contributed by atoms with Crippen LogP contribution < -0.4 is 25.6 Å². The first-order valence-corrected chi connectivity index (χ1v) is 8.86. The van der Waals surface area contributed by atoms with Gasteiger partial charge < -0.3 is 24.4 Å². The summed E-state index contributed by atoms with van der Waals surface area (Å²) in [5.41, 5.74) is 7.53. The summed E-state index contributed by atoms with van der Waals surface area (Å²) in [6.45, 7) is 1.84. The van der Waals surface area contributed by atoms with E-state index in [0.29, 0.717) is 28.0 Å². The molecule has 3 aromatic rings. The molecule has 2 N–H and O–H groups in total. The highest BCUT2D eigenvalue weighted by Gasteiger charge is 2.37. The molecular weight excluding hydrogens is 372 g/mol.